The number of anilines is 2. The van der Waals surface area contributed by atoms with Gasteiger partial charge in [0, 0.05) is 30.5 Å². The predicted octanol–water partition coefficient (Wildman–Crippen LogP) is 1.26. The molecule has 1 amide bonds. The van der Waals surface area contributed by atoms with E-state index in [1.165, 1.54) is 0 Å². The highest BCUT2D eigenvalue weighted by Gasteiger charge is 2.27. The van der Waals surface area contributed by atoms with Gasteiger partial charge in [0.1, 0.15) is 6.04 Å². The van der Waals surface area contributed by atoms with Gasteiger partial charge in [0.05, 0.1) is 0 Å². The zero-order chi connectivity index (χ0) is 11.7. The van der Waals surface area contributed by atoms with E-state index in [-0.39, 0.29) is 5.91 Å². The van der Waals surface area contributed by atoms with E-state index >= 15 is 0 Å². The van der Waals surface area contributed by atoms with Crippen molar-refractivity contribution in [2.45, 2.75) is 6.04 Å². The largest absolute Gasteiger partial charge is 0.371 e. The van der Waals surface area contributed by atoms with E-state index < -0.39 is 6.04 Å². The molecule has 1 aliphatic heterocycles. The molecule has 1 aromatic rings. The van der Waals surface area contributed by atoms with Gasteiger partial charge in [-0.2, -0.15) is 0 Å². The number of benzene rings is 1. The second kappa shape index (κ2) is 3.98. The van der Waals surface area contributed by atoms with Gasteiger partial charge < -0.3 is 16.0 Å². The molecule has 0 aromatic heterocycles. The lowest BCUT2D eigenvalue weighted by atomic mass is 10.1. The molecule has 1 atom stereocenters. The first kappa shape index (κ1) is 10.7. The van der Waals surface area contributed by atoms with Crippen molar-refractivity contribution in [2.75, 3.05) is 23.8 Å². The van der Waals surface area contributed by atoms with Crippen LogP contribution in [0.15, 0.2) is 30.9 Å². The molecule has 16 heavy (non-hydrogen) atoms. The van der Waals surface area contributed by atoms with E-state index in [1.54, 1.807) is 0 Å². The van der Waals surface area contributed by atoms with Crippen molar-refractivity contribution in [1.82, 2.24) is 0 Å². The number of nitrogens with zero attached hydrogens (tertiary/aromatic N) is 1. The SMILES string of the molecule is C=CCN(C)c1ccc2c(c1)NC(=O)C2N. The summed E-state index contributed by atoms with van der Waals surface area (Å²) in [5.41, 5.74) is 8.44. The van der Waals surface area contributed by atoms with Crippen molar-refractivity contribution in [3.8, 4) is 0 Å². The Labute approximate surface area is 94.7 Å². The van der Waals surface area contributed by atoms with Crippen LogP contribution in [0.25, 0.3) is 0 Å². The number of hydrogen-bond acceptors (Lipinski definition) is 3. The first-order valence-corrected chi connectivity index (χ1v) is 5.16. The van der Waals surface area contributed by atoms with Crippen LogP contribution < -0.4 is 16.0 Å². The van der Waals surface area contributed by atoms with Crippen LogP contribution in [0.5, 0.6) is 0 Å². The molecule has 4 heteroatoms. The molecule has 3 N–H and O–H groups in total. The quantitative estimate of drug-likeness (QED) is 0.749. The Bertz CT molecular complexity index is 442. The summed E-state index contributed by atoms with van der Waals surface area (Å²) in [5.74, 6) is -0.140. The maximum atomic E-state index is 11.4. The third-order valence-corrected chi connectivity index (χ3v) is 2.76. The van der Waals surface area contributed by atoms with Gasteiger partial charge in [0.25, 0.3) is 0 Å². The molecule has 4 nitrogen and oxygen atoms in total. The summed E-state index contributed by atoms with van der Waals surface area (Å²) >= 11 is 0. The molecule has 0 bridgehead atoms. The molecular weight excluding hydrogens is 202 g/mol. The van der Waals surface area contributed by atoms with E-state index in [0.29, 0.717) is 0 Å². The van der Waals surface area contributed by atoms with Gasteiger partial charge in [0.15, 0.2) is 0 Å². The fourth-order valence-corrected chi connectivity index (χ4v) is 1.81. The molecule has 2 rings (SSSR count). The molecule has 0 fully saturated rings. The molecule has 1 aromatic carbocycles. The minimum Gasteiger partial charge on any atom is -0.371 e. The summed E-state index contributed by atoms with van der Waals surface area (Å²) in [7, 11) is 1.97. The minimum atomic E-state index is -0.534. The van der Waals surface area contributed by atoms with Crippen molar-refractivity contribution >= 4 is 17.3 Å². The van der Waals surface area contributed by atoms with Gasteiger partial charge in [-0.05, 0) is 12.1 Å². The lowest BCUT2D eigenvalue weighted by Gasteiger charge is -2.18. The number of likely N-dealkylation sites (N-methyl/N-ethyl adjacent to an activating group) is 1. The maximum absolute atomic E-state index is 11.4. The summed E-state index contributed by atoms with van der Waals surface area (Å²) in [4.78, 5) is 13.4. The van der Waals surface area contributed by atoms with Crippen molar-refractivity contribution in [1.29, 1.82) is 0 Å². The minimum absolute atomic E-state index is 0.140. The Hall–Kier alpha value is -1.81. The van der Waals surface area contributed by atoms with Gasteiger partial charge in [-0.3, -0.25) is 4.79 Å². The number of hydrogen-bond donors (Lipinski definition) is 2. The Morgan fingerprint density at radius 2 is 2.38 bits per heavy atom. The molecule has 1 aliphatic rings. The van der Waals surface area contributed by atoms with Gasteiger partial charge in [-0.1, -0.05) is 12.1 Å². The van der Waals surface area contributed by atoms with Gasteiger partial charge in [-0.15, -0.1) is 6.58 Å². The van der Waals surface area contributed by atoms with Crippen LogP contribution in [0.1, 0.15) is 11.6 Å². The van der Waals surface area contributed by atoms with Crippen LogP contribution in [0.4, 0.5) is 11.4 Å². The summed E-state index contributed by atoms with van der Waals surface area (Å²) in [5, 5.41) is 2.77. The fraction of sp³-hybridized carbons (Fsp3) is 0.250. The highest BCUT2D eigenvalue weighted by atomic mass is 16.2. The number of amides is 1. The van der Waals surface area contributed by atoms with Crippen molar-refractivity contribution in [3.63, 3.8) is 0 Å². The van der Waals surface area contributed by atoms with E-state index in [2.05, 4.69) is 11.9 Å². The van der Waals surface area contributed by atoms with Gasteiger partial charge >= 0.3 is 0 Å². The zero-order valence-electron chi connectivity index (χ0n) is 9.23. The molecule has 84 valence electrons. The van der Waals surface area contributed by atoms with E-state index in [4.69, 9.17) is 5.73 Å². The summed E-state index contributed by atoms with van der Waals surface area (Å²) in [6.07, 6.45) is 1.83. The number of nitrogens with one attached hydrogen (secondary N) is 1. The molecule has 0 saturated carbocycles. The standard InChI is InChI=1S/C12H15N3O/c1-3-6-15(2)8-4-5-9-10(7-8)14-12(16)11(9)13/h3-5,7,11H,1,6,13H2,2H3,(H,14,16). The van der Waals surface area contributed by atoms with Crippen LogP contribution >= 0.6 is 0 Å². The van der Waals surface area contributed by atoms with Crippen LogP contribution in [0, 0.1) is 0 Å². The number of rotatable bonds is 3. The summed E-state index contributed by atoms with van der Waals surface area (Å²) in [6.45, 7) is 4.45. The molecular formula is C12H15N3O. The number of carbonyl (C=O) groups excluding carboxylic acids is 1. The summed E-state index contributed by atoms with van der Waals surface area (Å²) in [6, 6.07) is 5.26. The van der Waals surface area contributed by atoms with Crippen LogP contribution in [0.3, 0.4) is 0 Å². The Morgan fingerprint density at radius 1 is 1.62 bits per heavy atom. The Kier molecular flexibility index (Phi) is 2.66. The van der Waals surface area contributed by atoms with Crippen LogP contribution in [-0.2, 0) is 4.79 Å². The maximum Gasteiger partial charge on any atom is 0.245 e. The fourth-order valence-electron chi connectivity index (χ4n) is 1.81. The van der Waals surface area contributed by atoms with Crippen molar-refractivity contribution in [3.05, 3.63) is 36.4 Å². The van der Waals surface area contributed by atoms with E-state index in [0.717, 1.165) is 23.5 Å². The first-order valence-electron chi connectivity index (χ1n) is 5.16. The normalized spacial score (nSPS) is 17.9. The van der Waals surface area contributed by atoms with Crippen LogP contribution in [0.2, 0.25) is 0 Å². The van der Waals surface area contributed by atoms with E-state index in [1.807, 2.05) is 36.2 Å². The third-order valence-electron chi connectivity index (χ3n) is 2.76. The number of carbonyl (C=O) groups is 1. The van der Waals surface area contributed by atoms with Gasteiger partial charge in [-0.25, -0.2) is 0 Å². The predicted molar refractivity (Wildman–Crippen MR) is 65.5 cm³/mol. The van der Waals surface area contributed by atoms with Crippen LogP contribution in [-0.4, -0.2) is 19.5 Å². The third kappa shape index (κ3) is 1.67. The number of fused-ring (bicyclic) bond motifs is 1. The molecule has 0 spiro atoms. The van der Waals surface area contributed by atoms with Gasteiger partial charge in [0.2, 0.25) is 5.91 Å². The zero-order valence-corrected chi connectivity index (χ0v) is 9.23. The Balaban J connectivity index is 2.31. The molecule has 1 heterocycles. The molecule has 0 aliphatic carbocycles. The lowest BCUT2D eigenvalue weighted by molar-refractivity contribution is -0.116. The van der Waals surface area contributed by atoms with Crippen molar-refractivity contribution < 1.29 is 4.79 Å². The average molecular weight is 217 g/mol. The smallest absolute Gasteiger partial charge is 0.245 e. The number of nitrogens with two attached hydrogens (primary N) is 1. The Morgan fingerprint density at radius 3 is 3.06 bits per heavy atom. The molecule has 0 saturated heterocycles. The second-order valence-electron chi connectivity index (χ2n) is 3.91. The highest BCUT2D eigenvalue weighted by molar-refractivity contribution is 6.02. The molecule has 1 unspecified atom stereocenters. The average Bonchev–Trinajstić information content (AvgIpc) is 2.55. The topological polar surface area (TPSA) is 58.4 Å². The highest BCUT2D eigenvalue weighted by Crippen LogP contribution is 2.32. The molecule has 0 radical (unpaired) electrons. The van der Waals surface area contributed by atoms with Crippen molar-refractivity contribution in [2.24, 2.45) is 5.73 Å². The van der Waals surface area contributed by atoms with E-state index in [9.17, 15) is 4.79 Å². The lowest BCUT2D eigenvalue weighted by Crippen LogP contribution is -2.19. The second-order valence-corrected chi connectivity index (χ2v) is 3.91. The monoisotopic (exact) mass is 217 g/mol. The first-order chi connectivity index (χ1) is 7.63. The summed E-state index contributed by atoms with van der Waals surface area (Å²) < 4.78 is 0.